The van der Waals surface area contributed by atoms with Crippen LogP contribution in [0.5, 0.6) is 5.75 Å². The molecule has 0 fully saturated rings. The summed E-state index contributed by atoms with van der Waals surface area (Å²) in [6.07, 6.45) is 1.29. The SMILES string of the molecule is O=C(Cc1ccc2c(c1)CCO2)NCc1ccccc1Cl. The summed E-state index contributed by atoms with van der Waals surface area (Å²) in [5.74, 6) is 0.934. The van der Waals surface area contributed by atoms with Gasteiger partial charge in [0.15, 0.2) is 0 Å². The van der Waals surface area contributed by atoms with E-state index in [9.17, 15) is 4.79 Å². The summed E-state index contributed by atoms with van der Waals surface area (Å²) in [6.45, 7) is 1.18. The van der Waals surface area contributed by atoms with Gasteiger partial charge in [0, 0.05) is 18.0 Å². The molecule has 0 atom stereocenters. The van der Waals surface area contributed by atoms with Gasteiger partial charge in [-0.15, -0.1) is 0 Å². The molecular weight excluding hydrogens is 286 g/mol. The number of hydrogen-bond acceptors (Lipinski definition) is 2. The highest BCUT2D eigenvalue weighted by atomic mass is 35.5. The molecule has 0 radical (unpaired) electrons. The van der Waals surface area contributed by atoms with Crippen LogP contribution in [0, 0.1) is 0 Å². The number of amides is 1. The van der Waals surface area contributed by atoms with Crippen molar-refractivity contribution in [1.29, 1.82) is 0 Å². The molecular formula is C17H16ClNO2. The predicted molar refractivity (Wildman–Crippen MR) is 82.6 cm³/mol. The summed E-state index contributed by atoms with van der Waals surface area (Å²) in [7, 11) is 0. The number of nitrogens with one attached hydrogen (secondary N) is 1. The fourth-order valence-electron chi connectivity index (χ4n) is 2.43. The molecule has 0 unspecified atom stereocenters. The summed E-state index contributed by atoms with van der Waals surface area (Å²) in [5, 5.41) is 3.57. The molecule has 0 saturated carbocycles. The standard InChI is InChI=1S/C17H16ClNO2/c18-15-4-2-1-3-14(15)11-19-17(20)10-12-5-6-16-13(9-12)7-8-21-16/h1-6,9H,7-8,10-11H2,(H,19,20). The van der Waals surface area contributed by atoms with Gasteiger partial charge in [-0.1, -0.05) is 41.9 Å². The van der Waals surface area contributed by atoms with Crippen LogP contribution in [0.25, 0.3) is 0 Å². The van der Waals surface area contributed by atoms with E-state index in [2.05, 4.69) is 11.4 Å². The van der Waals surface area contributed by atoms with Crippen LogP contribution in [-0.2, 0) is 24.2 Å². The van der Waals surface area contributed by atoms with Gasteiger partial charge in [0.25, 0.3) is 0 Å². The lowest BCUT2D eigenvalue weighted by molar-refractivity contribution is -0.120. The lowest BCUT2D eigenvalue weighted by atomic mass is 10.1. The fourth-order valence-corrected chi connectivity index (χ4v) is 2.64. The molecule has 1 amide bonds. The van der Waals surface area contributed by atoms with E-state index >= 15 is 0 Å². The first kappa shape index (κ1) is 14.0. The van der Waals surface area contributed by atoms with Crippen molar-refractivity contribution < 1.29 is 9.53 Å². The zero-order valence-electron chi connectivity index (χ0n) is 11.6. The number of carbonyl (C=O) groups is 1. The molecule has 1 N–H and O–H groups in total. The third-order valence-electron chi connectivity index (χ3n) is 3.55. The molecule has 4 heteroatoms. The zero-order valence-corrected chi connectivity index (χ0v) is 12.3. The van der Waals surface area contributed by atoms with E-state index in [0.717, 1.165) is 29.9 Å². The second kappa shape index (κ2) is 6.19. The van der Waals surface area contributed by atoms with E-state index < -0.39 is 0 Å². The molecule has 0 spiro atoms. The molecule has 0 saturated heterocycles. The molecule has 0 aromatic heterocycles. The number of fused-ring (bicyclic) bond motifs is 1. The first-order valence-corrected chi connectivity index (χ1v) is 7.35. The zero-order chi connectivity index (χ0) is 14.7. The molecule has 3 rings (SSSR count). The maximum Gasteiger partial charge on any atom is 0.224 e. The molecule has 1 aliphatic heterocycles. The normalized spacial score (nSPS) is 12.6. The minimum Gasteiger partial charge on any atom is -0.493 e. The van der Waals surface area contributed by atoms with E-state index in [0.29, 0.717) is 18.0 Å². The van der Waals surface area contributed by atoms with Crippen LogP contribution in [0.2, 0.25) is 5.02 Å². The lowest BCUT2D eigenvalue weighted by Gasteiger charge is -2.08. The van der Waals surface area contributed by atoms with Crippen molar-refractivity contribution >= 4 is 17.5 Å². The Bertz CT molecular complexity index is 670. The summed E-state index contributed by atoms with van der Waals surface area (Å²) in [4.78, 5) is 12.0. The fraction of sp³-hybridized carbons (Fsp3) is 0.235. The third-order valence-corrected chi connectivity index (χ3v) is 3.92. The van der Waals surface area contributed by atoms with Crippen molar-refractivity contribution in [3.63, 3.8) is 0 Å². The maximum absolute atomic E-state index is 12.0. The summed E-state index contributed by atoms with van der Waals surface area (Å²) in [6, 6.07) is 13.5. The van der Waals surface area contributed by atoms with E-state index in [4.69, 9.17) is 16.3 Å². The van der Waals surface area contributed by atoms with Crippen molar-refractivity contribution in [2.75, 3.05) is 6.61 Å². The number of halogens is 1. The molecule has 2 aromatic rings. The van der Waals surface area contributed by atoms with Gasteiger partial charge in [0.05, 0.1) is 13.0 Å². The molecule has 0 aliphatic carbocycles. The maximum atomic E-state index is 12.0. The number of carbonyl (C=O) groups excluding carboxylic acids is 1. The Kier molecular flexibility index (Phi) is 4.11. The van der Waals surface area contributed by atoms with Crippen LogP contribution >= 0.6 is 11.6 Å². The smallest absolute Gasteiger partial charge is 0.224 e. The topological polar surface area (TPSA) is 38.3 Å². The first-order valence-electron chi connectivity index (χ1n) is 6.97. The van der Waals surface area contributed by atoms with Crippen molar-refractivity contribution in [1.82, 2.24) is 5.32 Å². The van der Waals surface area contributed by atoms with Gasteiger partial charge in [-0.25, -0.2) is 0 Å². The monoisotopic (exact) mass is 301 g/mol. The number of rotatable bonds is 4. The van der Waals surface area contributed by atoms with Gasteiger partial charge in [0.1, 0.15) is 5.75 Å². The van der Waals surface area contributed by atoms with Gasteiger partial charge in [-0.05, 0) is 28.8 Å². The van der Waals surface area contributed by atoms with Crippen molar-refractivity contribution in [2.24, 2.45) is 0 Å². The second-order valence-electron chi connectivity index (χ2n) is 5.09. The molecule has 108 valence electrons. The highest BCUT2D eigenvalue weighted by Gasteiger charge is 2.13. The van der Waals surface area contributed by atoms with Crippen molar-refractivity contribution in [3.05, 3.63) is 64.2 Å². The highest BCUT2D eigenvalue weighted by molar-refractivity contribution is 6.31. The Hall–Kier alpha value is -2.00. The third kappa shape index (κ3) is 3.37. The summed E-state index contributed by atoms with van der Waals surface area (Å²) in [5.41, 5.74) is 3.12. The minimum atomic E-state index is -0.00575. The minimum absolute atomic E-state index is 0.00575. The Balaban J connectivity index is 1.58. The van der Waals surface area contributed by atoms with E-state index in [1.54, 1.807) is 0 Å². The predicted octanol–water partition coefficient (Wildman–Crippen LogP) is 3.13. The summed E-state index contributed by atoms with van der Waals surface area (Å²) < 4.78 is 5.46. The van der Waals surface area contributed by atoms with Gasteiger partial charge < -0.3 is 10.1 Å². The van der Waals surface area contributed by atoms with E-state index in [1.807, 2.05) is 36.4 Å². The number of ether oxygens (including phenoxy) is 1. The largest absolute Gasteiger partial charge is 0.493 e. The molecule has 1 aliphatic rings. The van der Waals surface area contributed by atoms with Crippen molar-refractivity contribution in [3.8, 4) is 5.75 Å². The number of benzene rings is 2. The molecule has 0 bridgehead atoms. The van der Waals surface area contributed by atoms with Gasteiger partial charge in [-0.3, -0.25) is 4.79 Å². The molecule has 1 heterocycles. The van der Waals surface area contributed by atoms with Gasteiger partial charge >= 0.3 is 0 Å². The van der Waals surface area contributed by atoms with E-state index in [-0.39, 0.29) is 5.91 Å². The molecule has 2 aromatic carbocycles. The highest BCUT2D eigenvalue weighted by Crippen LogP contribution is 2.26. The van der Waals surface area contributed by atoms with Crippen LogP contribution in [-0.4, -0.2) is 12.5 Å². The first-order chi connectivity index (χ1) is 10.2. The lowest BCUT2D eigenvalue weighted by Crippen LogP contribution is -2.24. The van der Waals surface area contributed by atoms with Crippen LogP contribution in [0.15, 0.2) is 42.5 Å². The van der Waals surface area contributed by atoms with E-state index in [1.165, 1.54) is 5.56 Å². The Morgan fingerprint density at radius 3 is 2.95 bits per heavy atom. The quantitative estimate of drug-likeness (QED) is 0.942. The van der Waals surface area contributed by atoms with Crippen LogP contribution in [0.4, 0.5) is 0 Å². The molecule has 3 nitrogen and oxygen atoms in total. The average molecular weight is 302 g/mol. The van der Waals surface area contributed by atoms with Gasteiger partial charge in [0.2, 0.25) is 5.91 Å². The molecule has 21 heavy (non-hydrogen) atoms. The van der Waals surface area contributed by atoms with Crippen LogP contribution < -0.4 is 10.1 Å². The second-order valence-corrected chi connectivity index (χ2v) is 5.49. The summed E-state index contributed by atoms with van der Waals surface area (Å²) >= 11 is 6.07. The Morgan fingerprint density at radius 2 is 2.10 bits per heavy atom. The Labute approximate surface area is 128 Å². The van der Waals surface area contributed by atoms with Crippen molar-refractivity contribution in [2.45, 2.75) is 19.4 Å². The average Bonchev–Trinajstić information content (AvgIpc) is 2.94. The van der Waals surface area contributed by atoms with Crippen LogP contribution in [0.3, 0.4) is 0 Å². The van der Waals surface area contributed by atoms with Crippen LogP contribution in [0.1, 0.15) is 16.7 Å². The Morgan fingerprint density at radius 1 is 1.24 bits per heavy atom. The number of hydrogen-bond donors (Lipinski definition) is 1. The van der Waals surface area contributed by atoms with Gasteiger partial charge in [-0.2, -0.15) is 0 Å².